The molecule has 1 fully saturated rings. The number of nitrogens with zero attached hydrogens (tertiary/aromatic N) is 4. The summed E-state index contributed by atoms with van der Waals surface area (Å²) in [7, 11) is -0.465. The molecule has 0 N–H and O–H groups in total. The van der Waals surface area contributed by atoms with Crippen molar-refractivity contribution in [1.82, 2.24) is 9.29 Å². The molecular weight excluding hydrogens is 460 g/mol. The first-order valence-corrected chi connectivity index (χ1v) is 12.7. The summed E-state index contributed by atoms with van der Waals surface area (Å²) in [6.07, 6.45) is 0.628. The van der Waals surface area contributed by atoms with Crippen LogP contribution < -0.4 is 14.4 Å². The zero-order chi connectivity index (χ0) is 23.4. The van der Waals surface area contributed by atoms with Crippen LogP contribution in [0.2, 0.25) is 0 Å². The third-order valence-corrected chi connectivity index (χ3v) is 8.45. The van der Waals surface area contributed by atoms with Crippen LogP contribution in [-0.2, 0) is 16.4 Å². The quantitative estimate of drug-likeness (QED) is 0.508. The molecule has 10 heteroatoms. The van der Waals surface area contributed by atoms with E-state index in [2.05, 4.69) is 4.90 Å². The van der Waals surface area contributed by atoms with Crippen molar-refractivity contribution in [2.24, 2.45) is 0 Å². The van der Waals surface area contributed by atoms with Crippen LogP contribution in [-0.4, -0.2) is 58.1 Å². The van der Waals surface area contributed by atoms with Crippen LogP contribution in [0.1, 0.15) is 16.8 Å². The maximum Gasteiger partial charge on any atom is 0.244 e. The highest BCUT2D eigenvalue weighted by Gasteiger charge is 2.31. The molecule has 2 aromatic carbocycles. The fourth-order valence-corrected chi connectivity index (χ4v) is 6.20. The van der Waals surface area contributed by atoms with E-state index in [0.717, 1.165) is 27.9 Å². The van der Waals surface area contributed by atoms with E-state index in [1.807, 2.05) is 29.6 Å². The minimum absolute atomic E-state index is 0.0610. The summed E-state index contributed by atoms with van der Waals surface area (Å²) in [6.45, 7) is 1.74. The number of thiazole rings is 1. The Labute approximate surface area is 197 Å². The van der Waals surface area contributed by atoms with Crippen molar-refractivity contribution in [2.45, 2.75) is 11.3 Å². The lowest BCUT2D eigenvalue weighted by atomic mass is 10.1. The summed E-state index contributed by atoms with van der Waals surface area (Å²) in [4.78, 5) is 6.93. The summed E-state index contributed by atoms with van der Waals surface area (Å²) in [6, 6.07) is 14.0. The molecule has 0 unspecified atom stereocenters. The third-order valence-electron chi connectivity index (χ3n) is 5.54. The van der Waals surface area contributed by atoms with Gasteiger partial charge in [0.15, 0.2) is 5.13 Å². The Morgan fingerprint density at radius 3 is 2.55 bits per heavy atom. The fraction of sp³-hybridized carbons (Fsp3) is 0.304. The smallest absolute Gasteiger partial charge is 0.244 e. The van der Waals surface area contributed by atoms with Crippen molar-refractivity contribution in [3.8, 4) is 17.6 Å². The molecule has 3 aromatic rings. The SMILES string of the molecule is COc1ccc(Cc2csc(N3CCN(S(=O)(=O)c4ccccc4C#N)CC3)n2)c(OC)c1. The molecule has 172 valence electrons. The van der Waals surface area contributed by atoms with E-state index in [4.69, 9.17) is 14.5 Å². The molecule has 1 aliphatic heterocycles. The van der Waals surface area contributed by atoms with Crippen LogP contribution >= 0.6 is 11.3 Å². The van der Waals surface area contributed by atoms with Crippen molar-refractivity contribution in [3.05, 3.63) is 64.7 Å². The predicted octanol–water partition coefficient (Wildman–Crippen LogP) is 3.13. The molecule has 1 saturated heterocycles. The van der Waals surface area contributed by atoms with Gasteiger partial charge in [0.05, 0.1) is 30.4 Å². The highest BCUT2D eigenvalue weighted by atomic mass is 32.2. The van der Waals surface area contributed by atoms with Crippen LogP contribution in [0.25, 0.3) is 0 Å². The molecule has 8 nitrogen and oxygen atoms in total. The largest absolute Gasteiger partial charge is 0.497 e. The van der Waals surface area contributed by atoms with E-state index in [-0.39, 0.29) is 10.5 Å². The number of rotatable bonds is 7. The summed E-state index contributed by atoms with van der Waals surface area (Å²) in [5.41, 5.74) is 2.11. The summed E-state index contributed by atoms with van der Waals surface area (Å²) in [5, 5.41) is 12.2. The number of piperazine rings is 1. The Hall–Kier alpha value is -3.13. The molecule has 0 aliphatic carbocycles. The van der Waals surface area contributed by atoms with E-state index < -0.39 is 10.0 Å². The van der Waals surface area contributed by atoms with Gasteiger partial charge < -0.3 is 14.4 Å². The first-order chi connectivity index (χ1) is 16.0. The van der Waals surface area contributed by atoms with Gasteiger partial charge in [-0.05, 0) is 18.2 Å². The van der Waals surface area contributed by atoms with Crippen LogP contribution in [0.3, 0.4) is 0 Å². The second kappa shape index (κ2) is 9.79. The lowest BCUT2D eigenvalue weighted by Crippen LogP contribution is -2.48. The number of anilines is 1. The van der Waals surface area contributed by atoms with Gasteiger partial charge in [0.1, 0.15) is 17.6 Å². The van der Waals surface area contributed by atoms with Gasteiger partial charge >= 0.3 is 0 Å². The molecule has 2 heterocycles. The van der Waals surface area contributed by atoms with E-state index in [9.17, 15) is 13.7 Å². The van der Waals surface area contributed by atoms with Crippen LogP contribution in [0.5, 0.6) is 11.5 Å². The number of benzene rings is 2. The van der Waals surface area contributed by atoms with E-state index in [1.54, 1.807) is 37.7 Å². The summed E-state index contributed by atoms with van der Waals surface area (Å²) in [5.74, 6) is 1.49. The summed E-state index contributed by atoms with van der Waals surface area (Å²) >= 11 is 1.55. The number of methoxy groups -OCH3 is 2. The monoisotopic (exact) mass is 484 g/mol. The molecule has 0 spiro atoms. The van der Waals surface area contributed by atoms with Gasteiger partial charge in [0, 0.05) is 49.6 Å². The second-order valence-electron chi connectivity index (χ2n) is 7.48. The summed E-state index contributed by atoms with van der Waals surface area (Å²) < 4.78 is 38.3. The number of hydrogen-bond acceptors (Lipinski definition) is 8. The molecule has 0 saturated carbocycles. The highest BCUT2D eigenvalue weighted by molar-refractivity contribution is 7.89. The third kappa shape index (κ3) is 4.80. The molecule has 0 amide bonds. The molecule has 0 radical (unpaired) electrons. The Morgan fingerprint density at radius 1 is 1.09 bits per heavy atom. The fourth-order valence-electron chi connectivity index (χ4n) is 3.76. The number of aromatic nitrogens is 1. The van der Waals surface area contributed by atoms with Crippen molar-refractivity contribution in [1.29, 1.82) is 5.26 Å². The van der Waals surface area contributed by atoms with Gasteiger partial charge in [0.2, 0.25) is 10.0 Å². The average Bonchev–Trinajstić information content (AvgIpc) is 3.32. The first-order valence-electron chi connectivity index (χ1n) is 10.4. The zero-order valence-corrected chi connectivity index (χ0v) is 20.0. The molecular formula is C23H24N4O4S2. The first kappa shape index (κ1) is 23.0. The topological polar surface area (TPSA) is 95.8 Å². The number of nitriles is 1. The molecule has 1 aliphatic rings. The minimum Gasteiger partial charge on any atom is -0.497 e. The maximum absolute atomic E-state index is 13.0. The maximum atomic E-state index is 13.0. The predicted molar refractivity (Wildman–Crippen MR) is 127 cm³/mol. The van der Waals surface area contributed by atoms with Gasteiger partial charge in [0.25, 0.3) is 0 Å². The van der Waals surface area contributed by atoms with Crippen molar-refractivity contribution in [3.63, 3.8) is 0 Å². The van der Waals surface area contributed by atoms with Crippen molar-refractivity contribution < 1.29 is 17.9 Å². The van der Waals surface area contributed by atoms with E-state index in [1.165, 1.54) is 16.4 Å². The Kier molecular flexibility index (Phi) is 6.83. The van der Waals surface area contributed by atoms with Crippen LogP contribution in [0.15, 0.2) is 52.7 Å². The second-order valence-corrected chi connectivity index (χ2v) is 10.2. The number of sulfonamides is 1. The van der Waals surface area contributed by atoms with Gasteiger partial charge in [-0.25, -0.2) is 13.4 Å². The van der Waals surface area contributed by atoms with Crippen LogP contribution in [0, 0.1) is 11.3 Å². The molecule has 33 heavy (non-hydrogen) atoms. The molecule has 4 rings (SSSR count). The Bertz CT molecular complexity index is 1280. The van der Waals surface area contributed by atoms with Gasteiger partial charge in [-0.3, -0.25) is 0 Å². The van der Waals surface area contributed by atoms with E-state index >= 15 is 0 Å². The highest BCUT2D eigenvalue weighted by Crippen LogP contribution is 2.29. The van der Waals surface area contributed by atoms with Crippen molar-refractivity contribution in [2.75, 3.05) is 45.3 Å². The van der Waals surface area contributed by atoms with E-state index in [0.29, 0.717) is 32.6 Å². The minimum atomic E-state index is -3.72. The standard InChI is InChI=1S/C23H24N4O4S2/c1-30-20-8-7-17(21(14-20)31-2)13-19-16-32-23(25-19)26-9-11-27(12-10-26)33(28,29)22-6-4-3-5-18(22)15-24/h3-8,14,16H,9-13H2,1-2H3. The van der Waals surface area contributed by atoms with Gasteiger partial charge in [-0.15, -0.1) is 11.3 Å². The van der Waals surface area contributed by atoms with Crippen molar-refractivity contribution >= 4 is 26.5 Å². The molecule has 0 bridgehead atoms. The molecule has 0 atom stereocenters. The average molecular weight is 485 g/mol. The zero-order valence-electron chi connectivity index (χ0n) is 18.4. The number of hydrogen-bond donors (Lipinski definition) is 0. The van der Waals surface area contributed by atoms with Gasteiger partial charge in [-0.1, -0.05) is 18.2 Å². The van der Waals surface area contributed by atoms with Crippen LogP contribution in [0.4, 0.5) is 5.13 Å². The Balaban J connectivity index is 1.43. The molecule has 1 aromatic heterocycles. The number of ether oxygens (including phenoxy) is 2. The van der Waals surface area contributed by atoms with Gasteiger partial charge in [-0.2, -0.15) is 9.57 Å². The normalized spacial score (nSPS) is 14.6. The Morgan fingerprint density at radius 2 is 1.85 bits per heavy atom. The lowest BCUT2D eigenvalue weighted by molar-refractivity contribution is 0.384. The lowest BCUT2D eigenvalue weighted by Gasteiger charge is -2.33.